The minimum atomic E-state index is -3.15. The van der Waals surface area contributed by atoms with Crippen LogP contribution >= 0.6 is 0 Å². The summed E-state index contributed by atoms with van der Waals surface area (Å²) in [7, 11) is -3.15. The summed E-state index contributed by atoms with van der Waals surface area (Å²) in [4.78, 5) is 16.3. The summed E-state index contributed by atoms with van der Waals surface area (Å²) in [6, 6.07) is 3.76. The molecule has 0 radical (unpaired) electrons. The number of hydrogen-bond acceptors (Lipinski definition) is 4. The Kier molecular flexibility index (Phi) is 4.42. The van der Waals surface area contributed by atoms with Crippen molar-refractivity contribution in [2.24, 2.45) is 11.3 Å². The molecule has 1 saturated heterocycles. The van der Waals surface area contributed by atoms with Crippen LogP contribution in [0.1, 0.15) is 31.7 Å². The maximum atomic E-state index is 12.3. The number of hydrogen-bond donors (Lipinski definition) is 1. The molecule has 1 aliphatic heterocycles. The highest BCUT2D eigenvalue weighted by Crippen LogP contribution is 2.58. The van der Waals surface area contributed by atoms with Gasteiger partial charge in [-0.15, -0.1) is 0 Å². The molecule has 1 aromatic rings. The number of carbonyl (C=O) groups excluding carboxylic acids is 1. The molecule has 23 heavy (non-hydrogen) atoms. The lowest BCUT2D eigenvalue weighted by molar-refractivity contribution is -0.123. The Hall–Kier alpha value is -1.47. The van der Waals surface area contributed by atoms with Crippen LogP contribution in [0.3, 0.4) is 0 Å². The topological polar surface area (TPSA) is 79.4 Å². The Balaban J connectivity index is 1.54. The Labute approximate surface area is 137 Å². The molecule has 2 aliphatic rings. The maximum Gasteiger partial charge on any atom is 0.224 e. The van der Waals surface area contributed by atoms with Crippen LogP contribution in [-0.4, -0.2) is 42.5 Å². The van der Waals surface area contributed by atoms with Crippen molar-refractivity contribution in [1.29, 1.82) is 0 Å². The highest BCUT2D eigenvalue weighted by atomic mass is 32.2. The first-order valence-electron chi connectivity index (χ1n) is 8.11. The molecule has 1 aromatic heterocycles. The van der Waals surface area contributed by atoms with E-state index < -0.39 is 10.0 Å². The van der Waals surface area contributed by atoms with Crippen LogP contribution in [-0.2, 0) is 21.4 Å². The normalized spacial score (nSPS) is 27.3. The van der Waals surface area contributed by atoms with E-state index in [1.807, 2.05) is 19.1 Å². The molecule has 1 spiro atoms. The number of pyridine rings is 1. The van der Waals surface area contributed by atoms with Gasteiger partial charge in [-0.2, -0.15) is 0 Å². The first-order chi connectivity index (χ1) is 11.0. The summed E-state index contributed by atoms with van der Waals surface area (Å²) in [6.45, 7) is 3.39. The molecule has 2 atom stereocenters. The fourth-order valence-corrected chi connectivity index (χ4v) is 5.06. The maximum absolute atomic E-state index is 12.3. The molecule has 7 heteroatoms. The highest BCUT2D eigenvalue weighted by Gasteiger charge is 2.61. The second-order valence-corrected chi connectivity index (χ2v) is 8.69. The van der Waals surface area contributed by atoms with Gasteiger partial charge in [-0.1, -0.05) is 13.0 Å². The first kappa shape index (κ1) is 16.4. The molecule has 0 bridgehead atoms. The van der Waals surface area contributed by atoms with Crippen molar-refractivity contribution in [3.8, 4) is 0 Å². The molecule has 6 nitrogen and oxygen atoms in total. The van der Waals surface area contributed by atoms with Crippen molar-refractivity contribution in [3.63, 3.8) is 0 Å². The lowest BCUT2D eigenvalue weighted by atomic mass is 10.0. The monoisotopic (exact) mass is 337 g/mol. The smallest absolute Gasteiger partial charge is 0.224 e. The van der Waals surface area contributed by atoms with Crippen LogP contribution in [0, 0.1) is 11.3 Å². The highest BCUT2D eigenvalue weighted by molar-refractivity contribution is 7.89. The van der Waals surface area contributed by atoms with E-state index in [1.54, 1.807) is 16.7 Å². The van der Waals surface area contributed by atoms with Gasteiger partial charge in [-0.05, 0) is 36.3 Å². The Bertz CT molecular complexity index is 677. The van der Waals surface area contributed by atoms with Crippen molar-refractivity contribution in [3.05, 3.63) is 30.1 Å². The van der Waals surface area contributed by atoms with Gasteiger partial charge in [0.1, 0.15) is 0 Å². The second kappa shape index (κ2) is 6.20. The minimum Gasteiger partial charge on any atom is -0.352 e. The molecule has 1 saturated carbocycles. The van der Waals surface area contributed by atoms with Crippen LogP contribution in [0.25, 0.3) is 0 Å². The largest absolute Gasteiger partial charge is 0.352 e. The molecule has 1 aliphatic carbocycles. The zero-order valence-corrected chi connectivity index (χ0v) is 14.2. The van der Waals surface area contributed by atoms with E-state index in [0.29, 0.717) is 26.1 Å². The summed E-state index contributed by atoms with van der Waals surface area (Å²) in [5, 5.41) is 2.94. The first-order valence-corrected chi connectivity index (χ1v) is 9.72. The lowest BCUT2D eigenvalue weighted by Gasteiger charge is -2.16. The number of amides is 1. The van der Waals surface area contributed by atoms with E-state index in [2.05, 4.69) is 10.3 Å². The summed E-state index contributed by atoms with van der Waals surface area (Å²) in [5.74, 6) is 0.172. The van der Waals surface area contributed by atoms with E-state index in [-0.39, 0.29) is 23.0 Å². The minimum absolute atomic E-state index is 0.0311. The van der Waals surface area contributed by atoms with E-state index in [1.165, 1.54) is 0 Å². The molecular formula is C16H23N3O3S. The summed E-state index contributed by atoms with van der Waals surface area (Å²) >= 11 is 0. The van der Waals surface area contributed by atoms with Crippen molar-refractivity contribution in [1.82, 2.24) is 14.6 Å². The molecule has 1 N–H and O–H groups in total. The second-order valence-electron chi connectivity index (χ2n) is 6.60. The number of sulfonamides is 1. The van der Waals surface area contributed by atoms with Gasteiger partial charge >= 0.3 is 0 Å². The molecule has 3 rings (SSSR count). The predicted molar refractivity (Wildman–Crippen MR) is 86.9 cm³/mol. The lowest BCUT2D eigenvalue weighted by Crippen LogP contribution is -2.32. The van der Waals surface area contributed by atoms with Gasteiger partial charge in [0.25, 0.3) is 0 Å². The third-order valence-corrected chi connectivity index (χ3v) is 6.92. The molecule has 0 aromatic carbocycles. The van der Waals surface area contributed by atoms with Crippen molar-refractivity contribution >= 4 is 15.9 Å². The number of rotatable bonds is 6. The Morgan fingerprint density at radius 1 is 1.52 bits per heavy atom. The summed E-state index contributed by atoms with van der Waals surface area (Å²) in [5.41, 5.74) is 0.842. The number of carbonyl (C=O) groups is 1. The van der Waals surface area contributed by atoms with Crippen LogP contribution in [0.4, 0.5) is 0 Å². The van der Waals surface area contributed by atoms with Crippen LogP contribution in [0.5, 0.6) is 0 Å². The summed E-state index contributed by atoms with van der Waals surface area (Å²) < 4.78 is 25.9. The van der Waals surface area contributed by atoms with Crippen molar-refractivity contribution in [2.75, 3.05) is 18.8 Å². The molecule has 2 fully saturated rings. The van der Waals surface area contributed by atoms with Gasteiger partial charge in [-0.25, -0.2) is 12.7 Å². The molecular weight excluding hydrogens is 314 g/mol. The Morgan fingerprint density at radius 3 is 3.04 bits per heavy atom. The number of aromatic nitrogens is 1. The summed E-state index contributed by atoms with van der Waals surface area (Å²) in [6.07, 6.45) is 5.65. The van der Waals surface area contributed by atoms with Crippen molar-refractivity contribution in [2.45, 2.75) is 32.7 Å². The molecule has 126 valence electrons. The van der Waals surface area contributed by atoms with Gasteiger partial charge in [0.05, 0.1) is 5.75 Å². The van der Waals surface area contributed by atoms with E-state index in [4.69, 9.17) is 0 Å². The van der Waals surface area contributed by atoms with Gasteiger partial charge in [0.2, 0.25) is 15.9 Å². The van der Waals surface area contributed by atoms with Gasteiger partial charge in [0.15, 0.2) is 0 Å². The fourth-order valence-electron chi connectivity index (χ4n) is 3.47. The van der Waals surface area contributed by atoms with Crippen molar-refractivity contribution < 1.29 is 13.2 Å². The van der Waals surface area contributed by atoms with Crippen LogP contribution in [0.15, 0.2) is 24.5 Å². The fraction of sp³-hybridized carbons (Fsp3) is 0.625. The van der Waals surface area contributed by atoms with Crippen LogP contribution < -0.4 is 5.32 Å². The molecule has 2 unspecified atom stereocenters. The predicted octanol–water partition coefficient (Wildman–Crippen LogP) is 1.15. The zero-order chi connectivity index (χ0) is 16.5. The van der Waals surface area contributed by atoms with Gasteiger partial charge < -0.3 is 5.32 Å². The molecule has 2 heterocycles. The number of nitrogens with zero attached hydrogens (tertiary/aromatic N) is 2. The zero-order valence-electron chi connectivity index (χ0n) is 13.4. The third-order valence-electron chi connectivity index (χ3n) is 4.90. The standard InChI is InChI=1S/C16H23N3O3S/c1-2-8-23(21,22)19-7-5-16(12-19)9-14(16)15(20)18-11-13-4-3-6-17-10-13/h3-4,6,10,14H,2,5,7-9,11-12H2,1H3,(H,18,20). The van der Waals surface area contributed by atoms with E-state index in [0.717, 1.165) is 18.4 Å². The van der Waals surface area contributed by atoms with E-state index >= 15 is 0 Å². The Morgan fingerprint density at radius 2 is 2.35 bits per heavy atom. The van der Waals surface area contributed by atoms with Crippen LogP contribution in [0.2, 0.25) is 0 Å². The molecule has 1 amide bonds. The van der Waals surface area contributed by atoms with E-state index in [9.17, 15) is 13.2 Å². The van der Waals surface area contributed by atoms with Gasteiger partial charge in [-0.3, -0.25) is 9.78 Å². The third kappa shape index (κ3) is 3.40. The average Bonchev–Trinajstić information content (AvgIpc) is 3.05. The quantitative estimate of drug-likeness (QED) is 0.844. The van der Waals surface area contributed by atoms with Gasteiger partial charge in [0, 0.05) is 37.9 Å². The SMILES string of the molecule is CCCS(=O)(=O)N1CCC2(CC2C(=O)NCc2cccnc2)C1. The average molecular weight is 337 g/mol. The number of nitrogens with one attached hydrogen (secondary N) is 1.